The van der Waals surface area contributed by atoms with Crippen LogP contribution in [0.15, 0.2) is 30.3 Å². The second-order valence-electron chi connectivity index (χ2n) is 5.58. The third kappa shape index (κ3) is 3.61. The zero-order valence-electron chi connectivity index (χ0n) is 12.2. The van der Waals surface area contributed by atoms with Gasteiger partial charge in [-0.2, -0.15) is 0 Å². The fourth-order valence-corrected chi connectivity index (χ4v) is 2.90. The van der Waals surface area contributed by atoms with E-state index < -0.39 is 5.79 Å². The summed E-state index contributed by atoms with van der Waals surface area (Å²) in [5.41, 5.74) is 1.19. The number of hydrogen-bond acceptors (Lipinski definition) is 4. The van der Waals surface area contributed by atoms with Gasteiger partial charge in [-0.1, -0.05) is 30.3 Å². The quantitative estimate of drug-likeness (QED) is 0.903. The Morgan fingerprint density at radius 1 is 1.14 bits per heavy atom. The van der Waals surface area contributed by atoms with Gasteiger partial charge in [0.05, 0.1) is 19.8 Å². The van der Waals surface area contributed by atoms with Gasteiger partial charge >= 0.3 is 0 Å². The summed E-state index contributed by atoms with van der Waals surface area (Å²) in [5, 5.41) is 3.21. The third-order valence-electron chi connectivity index (χ3n) is 4.14. The highest BCUT2D eigenvalue weighted by molar-refractivity contribution is 5.78. The van der Waals surface area contributed by atoms with Crippen molar-refractivity contribution in [3.05, 3.63) is 35.9 Å². The van der Waals surface area contributed by atoms with Gasteiger partial charge in [-0.25, -0.2) is 0 Å². The van der Waals surface area contributed by atoms with E-state index in [1.54, 1.807) is 0 Å². The number of nitrogens with one attached hydrogen (secondary N) is 1. The van der Waals surface area contributed by atoms with E-state index in [0.717, 1.165) is 19.4 Å². The van der Waals surface area contributed by atoms with Crippen LogP contribution >= 0.6 is 0 Å². The van der Waals surface area contributed by atoms with Gasteiger partial charge in [0.15, 0.2) is 5.79 Å². The van der Waals surface area contributed by atoms with Gasteiger partial charge in [0.1, 0.15) is 0 Å². The van der Waals surface area contributed by atoms with E-state index in [1.807, 2.05) is 23.1 Å². The lowest BCUT2D eigenvalue weighted by Crippen LogP contribution is -2.49. The molecule has 1 amide bonds. The molecule has 5 nitrogen and oxygen atoms in total. The van der Waals surface area contributed by atoms with Crippen molar-refractivity contribution in [1.29, 1.82) is 0 Å². The molecule has 3 rings (SSSR count). The Kier molecular flexibility index (Phi) is 4.53. The van der Waals surface area contributed by atoms with Crippen molar-refractivity contribution in [3.8, 4) is 0 Å². The number of carbonyl (C=O) groups is 1. The van der Waals surface area contributed by atoms with Crippen LogP contribution in [0.1, 0.15) is 18.4 Å². The molecule has 0 bridgehead atoms. The lowest BCUT2D eigenvalue weighted by atomic mass is 10.0. The minimum atomic E-state index is -0.408. The largest absolute Gasteiger partial charge is 0.347 e. The molecule has 5 heteroatoms. The summed E-state index contributed by atoms with van der Waals surface area (Å²) in [7, 11) is 0. The average Bonchev–Trinajstić information content (AvgIpc) is 2.97. The lowest BCUT2D eigenvalue weighted by Gasteiger charge is -2.37. The summed E-state index contributed by atoms with van der Waals surface area (Å²) >= 11 is 0. The molecule has 114 valence electrons. The molecule has 21 heavy (non-hydrogen) atoms. The Labute approximate surface area is 125 Å². The number of rotatable bonds is 4. The maximum absolute atomic E-state index is 12.2. The number of amides is 1. The first-order chi connectivity index (χ1) is 10.3. The number of likely N-dealkylation sites (tertiary alicyclic amines) is 1. The summed E-state index contributed by atoms with van der Waals surface area (Å²) in [5.74, 6) is -0.257. The molecule has 0 aromatic heterocycles. The van der Waals surface area contributed by atoms with Crippen molar-refractivity contribution < 1.29 is 14.3 Å². The number of benzene rings is 1. The molecule has 2 aliphatic heterocycles. The van der Waals surface area contributed by atoms with Crippen molar-refractivity contribution >= 4 is 5.91 Å². The molecule has 0 radical (unpaired) electrons. The summed E-state index contributed by atoms with van der Waals surface area (Å²) in [6.45, 7) is 3.87. The molecule has 0 atom stereocenters. The zero-order chi connectivity index (χ0) is 14.5. The second-order valence-corrected chi connectivity index (χ2v) is 5.58. The van der Waals surface area contributed by atoms with Crippen molar-refractivity contribution in [2.24, 2.45) is 0 Å². The molecule has 2 fully saturated rings. The van der Waals surface area contributed by atoms with E-state index in [-0.39, 0.29) is 5.91 Å². The van der Waals surface area contributed by atoms with Crippen LogP contribution in [0.2, 0.25) is 0 Å². The van der Waals surface area contributed by atoms with Crippen molar-refractivity contribution in [3.63, 3.8) is 0 Å². The summed E-state index contributed by atoms with van der Waals surface area (Å²) in [6.07, 6.45) is 1.55. The summed E-state index contributed by atoms with van der Waals surface area (Å²) in [4.78, 5) is 14.1. The Bertz CT molecular complexity index is 462. The van der Waals surface area contributed by atoms with Gasteiger partial charge in [-0.05, 0) is 5.56 Å². The first-order valence-corrected chi connectivity index (χ1v) is 7.58. The minimum absolute atomic E-state index is 0.152. The van der Waals surface area contributed by atoms with Gasteiger partial charge in [0.2, 0.25) is 5.91 Å². The number of carbonyl (C=O) groups excluding carboxylic acids is 1. The molecule has 1 N–H and O–H groups in total. The van der Waals surface area contributed by atoms with Crippen molar-refractivity contribution in [1.82, 2.24) is 10.2 Å². The monoisotopic (exact) mass is 290 g/mol. The molecule has 0 aliphatic carbocycles. The predicted molar refractivity (Wildman–Crippen MR) is 78.6 cm³/mol. The fraction of sp³-hybridized carbons (Fsp3) is 0.562. The number of nitrogens with zero attached hydrogens (tertiary/aromatic N) is 1. The maximum Gasteiger partial charge on any atom is 0.236 e. The van der Waals surface area contributed by atoms with E-state index in [2.05, 4.69) is 17.4 Å². The molecular formula is C16H22N2O3. The van der Waals surface area contributed by atoms with E-state index >= 15 is 0 Å². The van der Waals surface area contributed by atoms with Crippen LogP contribution in [0.3, 0.4) is 0 Å². The molecule has 2 saturated heterocycles. The second kappa shape index (κ2) is 6.56. The number of piperidine rings is 1. The van der Waals surface area contributed by atoms with E-state index in [4.69, 9.17) is 9.47 Å². The molecular weight excluding hydrogens is 268 g/mol. The van der Waals surface area contributed by atoms with E-state index in [0.29, 0.717) is 32.8 Å². The zero-order valence-corrected chi connectivity index (χ0v) is 12.2. The first-order valence-electron chi connectivity index (χ1n) is 7.58. The highest BCUT2D eigenvalue weighted by Gasteiger charge is 2.40. The topological polar surface area (TPSA) is 50.8 Å². The van der Waals surface area contributed by atoms with Crippen molar-refractivity contribution in [2.45, 2.75) is 25.2 Å². The highest BCUT2D eigenvalue weighted by Crippen LogP contribution is 2.31. The van der Waals surface area contributed by atoms with E-state index in [9.17, 15) is 4.79 Å². The van der Waals surface area contributed by atoms with Gasteiger partial charge in [-0.15, -0.1) is 0 Å². The van der Waals surface area contributed by atoms with Gasteiger partial charge in [0, 0.05) is 32.5 Å². The summed E-state index contributed by atoms with van der Waals surface area (Å²) in [6, 6.07) is 10.1. The Morgan fingerprint density at radius 2 is 1.81 bits per heavy atom. The lowest BCUT2D eigenvalue weighted by molar-refractivity contribution is -0.187. The molecule has 1 aromatic rings. The molecule has 2 heterocycles. The number of hydrogen-bond donors (Lipinski definition) is 1. The Hall–Kier alpha value is -1.43. The van der Waals surface area contributed by atoms with Crippen LogP contribution < -0.4 is 5.32 Å². The van der Waals surface area contributed by atoms with Crippen LogP contribution in [0, 0.1) is 0 Å². The van der Waals surface area contributed by atoms with Crippen LogP contribution in [0.4, 0.5) is 0 Å². The van der Waals surface area contributed by atoms with Gasteiger partial charge in [0.25, 0.3) is 0 Å². The standard InChI is InChI=1S/C16H22N2O3/c19-15(13-17-12-14-4-2-1-3-5-14)18-8-6-16(7-9-18)20-10-11-21-16/h1-5,17H,6-13H2. The predicted octanol–water partition coefficient (Wildman–Crippen LogP) is 1.14. The average molecular weight is 290 g/mol. The van der Waals surface area contributed by atoms with Gasteiger partial charge in [-0.3, -0.25) is 4.79 Å². The van der Waals surface area contributed by atoms with Crippen LogP contribution in [0.25, 0.3) is 0 Å². The minimum Gasteiger partial charge on any atom is -0.347 e. The van der Waals surface area contributed by atoms with Gasteiger partial charge < -0.3 is 19.7 Å². The SMILES string of the molecule is O=C(CNCc1ccccc1)N1CCC2(CC1)OCCO2. The Morgan fingerprint density at radius 3 is 2.48 bits per heavy atom. The number of ether oxygens (including phenoxy) is 2. The van der Waals surface area contributed by atoms with Crippen molar-refractivity contribution in [2.75, 3.05) is 32.8 Å². The molecule has 2 aliphatic rings. The maximum atomic E-state index is 12.2. The smallest absolute Gasteiger partial charge is 0.236 e. The van der Waals surface area contributed by atoms with Crippen LogP contribution in [0.5, 0.6) is 0 Å². The summed E-state index contributed by atoms with van der Waals surface area (Å²) < 4.78 is 11.3. The molecule has 1 aromatic carbocycles. The fourth-order valence-electron chi connectivity index (χ4n) is 2.90. The molecule has 0 unspecified atom stereocenters. The van der Waals surface area contributed by atoms with E-state index in [1.165, 1.54) is 5.56 Å². The van der Waals surface area contributed by atoms with Crippen LogP contribution in [-0.2, 0) is 20.8 Å². The highest BCUT2D eigenvalue weighted by atomic mass is 16.7. The third-order valence-corrected chi connectivity index (χ3v) is 4.14. The first kappa shape index (κ1) is 14.5. The Balaban J connectivity index is 1.40. The van der Waals surface area contributed by atoms with Crippen LogP contribution in [-0.4, -0.2) is 49.4 Å². The molecule has 0 saturated carbocycles. The normalized spacial score (nSPS) is 20.9. The molecule has 1 spiro atoms.